The van der Waals surface area contributed by atoms with Gasteiger partial charge in [-0.3, -0.25) is 4.79 Å². The van der Waals surface area contributed by atoms with Crippen LogP contribution in [0.25, 0.3) is 0 Å². The third-order valence-electron chi connectivity index (χ3n) is 2.45. The van der Waals surface area contributed by atoms with E-state index in [0.717, 1.165) is 0 Å². The summed E-state index contributed by atoms with van der Waals surface area (Å²) in [5.41, 5.74) is 0. The maximum atomic E-state index is 11.6. The number of rotatable bonds is 9. The minimum Gasteiger partial charge on any atom is -0.407 e. The molecular formula is C12H23N5O3. The molecule has 8 nitrogen and oxygen atoms in total. The van der Waals surface area contributed by atoms with Gasteiger partial charge in [-0.1, -0.05) is 18.9 Å². The molecule has 0 fully saturated rings. The van der Waals surface area contributed by atoms with Crippen molar-refractivity contribution < 1.29 is 13.9 Å². The van der Waals surface area contributed by atoms with Crippen LogP contribution in [0.5, 0.6) is 0 Å². The highest BCUT2D eigenvalue weighted by molar-refractivity contribution is 5.80. The topological polar surface area (TPSA) is 92.5 Å². The fourth-order valence-electron chi connectivity index (χ4n) is 1.39. The minimum atomic E-state index is -0.121. The van der Waals surface area contributed by atoms with Crippen molar-refractivity contribution in [1.29, 1.82) is 0 Å². The lowest BCUT2D eigenvalue weighted by atomic mass is 10.4. The first-order valence-electron chi connectivity index (χ1n) is 6.55. The van der Waals surface area contributed by atoms with Crippen molar-refractivity contribution in [3.8, 4) is 0 Å². The number of likely N-dealkylation sites (N-methyl/N-ethyl adjacent to an activating group) is 1. The van der Waals surface area contributed by atoms with Crippen LogP contribution in [0.3, 0.4) is 0 Å². The molecule has 8 heteroatoms. The Morgan fingerprint density at radius 3 is 2.85 bits per heavy atom. The number of nitrogens with one attached hydrogen (secondary N) is 2. The zero-order valence-corrected chi connectivity index (χ0v) is 12.5. The fraction of sp³-hybridized carbons (Fsp3) is 0.750. The first-order valence-corrected chi connectivity index (χ1v) is 6.55. The molecule has 0 atom stereocenters. The van der Waals surface area contributed by atoms with Crippen molar-refractivity contribution in [2.75, 3.05) is 38.8 Å². The van der Waals surface area contributed by atoms with Crippen LogP contribution < -0.4 is 15.5 Å². The Morgan fingerprint density at radius 1 is 1.45 bits per heavy atom. The molecule has 0 aromatic carbocycles. The van der Waals surface area contributed by atoms with E-state index >= 15 is 0 Å². The molecule has 2 N–H and O–H groups in total. The van der Waals surface area contributed by atoms with Crippen molar-refractivity contribution in [2.45, 2.75) is 26.4 Å². The van der Waals surface area contributed by atoms with E-state index in [2.05, 4.69) is 20.8 Å². The number of hydrogen-bond acceptors (Lipinski definition) is 7. The van der Waals surface area contributed by atoms with Gasteiger partial charge in [0.2, 0.25) is 11.8 Å². The van der Waals surface area contributed by atoms with Crippen molar-refractivity contribution in [2.24, 2.45) is 0 Å². The molecule has 20 heavy (non-hydrogen) atoms. The number of amides is 1. The minimum absolute atomic E-state index is 0.121. The molecule has 0 radical (unpaired) electrons. The molecule has 0 unspecified atom stereocenters. The molecule has 1 amide bonds. The van der Waals surface area contributed by atoms with Crippen molar-refractivity contribution in [3.05, 3.63) is 5.89 Å². The van der Waals surface area contributed by atoms with Crippen LogP contribution in [0.2, 0.25) is 0 Å². The van der Waals surface area contributed by atoms with Crippen LogP contribution in [0.4, 0.5) is 6.01 Å². The van der Waals surface area contributed by atoms with Gasteiger partial charge < -0.3 is 24.7 Å². The number of aromatic nitrogens is 2. The van der Waals surface area contributed by atoms with Crippen LogP contribution in [-0.4, -0.2) is 56.0 Å². The molecule has 0 saturated heterocycles. The molecule has 0 aliphatic rings. The van der Waals surface area contributed by atoms with Gasteiger partial charge in [0.25, 0.3) is 0 Å². The number of nitrogens with zero attached hydrogens (tertiary/aromatic N) is 3. The van der Waals surface area contributed by atoms with E-state index in [0.29, 0.717) is 37.6 Å². The monoisotopic (exact) mass is 285 g/mol. The molecule has 1 aromatic rings. The predicted molar refractivity (Wildman–Crippen MR) is 74.4 cm³/mol. The number of carbonyl (C=O) groups excluding carboxylic acids is 1. The highest BCUT2D eigenvalue weighted by atomic mass is 16.5. The number of methoxy groups -OCH3 is 1. The summed E-state index contributed by atoms with van der Waals surface area (Å²) in [7, 11) is 3.31. The maximum absolute atomic E-state index is 11.6. The molecular weight excluding hydrogens is 262 g/mol. The average Bonchev–Trinajstić information content (AvgIpc) is 2.85. The molecule has 0 aliphatic carbocycles. The van der Waals surface area contributed by atoms with E-state index in [1.54, 1.807) is 19.1 Å². The average molecular weight is 285 g/mol. The van der Waals surface area contributed by atoms with E-state index in [-0.39, 0.29) is 12.5 Å². The molecule has 0 aliphatic heterocycles. The van der Waals surface area contributed by atoms with E-state index < -0.39 is 0 Å². The summed E-state index contributed by atoms with van der Waals surface area (Å²) < 4.78 is 10.3. The normalized spacial score (nSPS) is 10.8. The van der Waals surface area contributed by atoms with Gasteiger partial charge in [-0.2, -0.15) is 0 Å². The first kappa shape index (κ1) is 16.4. The summed E-state index contributed by atoms with van der Waals surface area (Å²) in [6, 6.07) is 0.669. The molecule has 0 spiro atoms. The van der Waals surface area contributed by atoms with Gasteiger partial charge in [-0.15, -0.1) is 5.10 Å². The van der Waals surface area contributed by atoms with Crippen molar-refractivity contribution in [1.82, 2.24) is 20.8 Å². The fourth-order valence-corrected chi connectivity index (χ4v) is 1.39. The maximum Gasteiger partial charge on any atom is 0.318 e. The van der Waals surface area contributed by atoms with Gasteiger partial charge in [0.1, 0.15) is 6.54 Å². The van der Waals surface area contributed by atoms with E-state index in [1.165, 1.54) is 0 Å². The van der Waals surface area contributed by atoms with Crippen molar-refractivity contribution in [3.63, 3.8) is 0 Å². The third-order valence-corrected chi connectivity index (χ3v) is 2.45. The summed E-state index contributed by atoms with van der Waals surface area (Å²) in [4.78, 5) is 13.2. The lowest BCUT2D eigenvalue weighted by Gasteiger charge is -2.13. The second kappa shape index (κ2) is 8.49. The summed E-state index contributed by atoms with van der Waals surface area (Å²) in [5.74, 6) is 0.380. The Kier molecular flexibility index (Phi) is 6.96. The van der Waals surface area contributed by atoms with Gasteiger partial charge in [-0.05, 0) is 0 Å². The molecule has 114 valence electrons. The highest BCUT2D eigenvalue weighted by Gasteiger charge is 2.13. The van der Waals surface area contributed by atoms with Gasteiger partial charge in [0.05, 0.1) is 13.2 Å². The summed E-state index contributed by atoms with van der Waals surface area (Å²) >= 11 is 0. The standard InChI is InChI=1S/C12H23N5O3/c1-9(2)14-7-11-15-16-12(20-11)17(3)8-10(18)13-5-6-19-4/h9,14H,5-8H2,1-4H3,(H,13,18). The Labute approximate surface area is 118 Å². The summed E-state index contributed by atoms with van der Waals surface area (Å²) in [6.45, 7) is 5.71. The first-order chi connectivity index (χ1) is 9.52. The Morgan fingerprint density at radius 2 is 2.20 bits per heavy atom. The Balaban J connectivity index is 2.39. The summed E-state index contributed by atoms with van der Waals surface area (Å²) in [6.07, 6.45) is 0. The van der Waals surface area contributed by atoms with Gasteiger partial charge >= 0.3 is 6.01 Å². The summed E-state index contributed by atoms with van der Waals surface area (Å²) in [5, 5.41) is 13.7. The smallest absolute Gasteiger partial charge is 0.318 e. The quantitative estimate of drug-likeness (QED) is 0.605. The second-order valence-electron chi connectivity index (χ2n) is 4.71. The van der Waals surface area contributed by atoms with Crippen LogP contribution in [0, 0.1) is 0 Å². The molecule has 0 saturated carbocycles. The van der Waals surface area contributed by atoms with Crippen molar-refractivity contribution >= 4 is 11.9 Å². The third kappa shape index (κ3) is 5.98. The molecule has 1 rings (SSSR count). The molecule has 1 aromatic heterocycles. The number of hydrogen-bond donors (Lipinski definition) is 2. The number of anilines is 1. The Hall–Kier alpha value is -1.67. The Bertz CT molecular complexity index is 408. The van der Waals surface area contributed by atoms with Crippen LogP contribution in [0.15, 0.2) is 4.42 Å². The molecule has 0 bridgehead atoms. The van der Waals surface area contributed by atoms with E-state index in [1.807, 2.05) is 13.8 Å². The van der Waals surface area contributed by atoms with E-state index in [4.69, 9.17) is 9.15 Å². The lowest BCUT2D eigenvalue weighted by Crippen LogP contribution is -2.36. The van der Waals surface area contributed by atoms with E-state index in [9.17, 15) is 4.79 Å². The van der Waals surface area contributed by atoms with Crippen LogP contribution in [0.1, 0.15) is 19.7 Å². The van der Waals surface area contributed by atoms with Crippen LogP contribution in [-0.2, 0) is 16.1 Å². The lowest BCUT2D eigenvalue weighted by molar-refractivity contribution is -0.119. The SMILES string of the molecule is COCCNC(=O)CN(C)c1nnc(CNC(C)C)o1. The highest BCUT2D eigenvalue weighted by Crippen LogP contribution is 2.09. The van der Waals surface area contributed by atoms with Gasteiger partial charge in [-0.25, -0.2) is 0 Å². The van der Waals surface area contributed by atoms with Crippen LogP contribution >= 0.6 is 0 Å². The zero-order chi connectivity index (χ0) is 15.0. The predicted octanol–water partition coefficient (Wildman–Crippen LogP) is -0.234. The molecule has 1 heterocycles. The largest absolute Gasteiger partial charge is 0.407 e. The number of carbonyl (C=O) groups is 1. The zero-order valence-electron chi connectivity index (χ0n) is 12.5. The second-order valence-corrected chi connectivity index (χ2v) is 4.71. The van der Waals surface area contributed by atoms with Gasteiger partial charge in [0, 0.05) is 26.7 Å². The number of ether oxygens (including phenoxy) is 1. The van der Waals surface area contributed by atoms with Gasteiger partial charge in [0.15, 0.2) is 0 Å².